The number of rotatable bonds is 0. The second-order valence-corrected chi connectivity index (χ2v) is 6.39. The minimum atomic E-state index is -0.490. The number of piperidine rings is 1. The van der Waals surface area contributed by atoms with Crippen LogP contribution in [0, 0.1) is 6.92 Å². The van der Waals surface area contributed by atoms with Crippen LogP contribution in [0.2, 0.25) is 5.15 Å². The van der Waals surface area contributed by atoms with E-state index >= 15 is 0 Å². The summed E-state index contributed by atoms with van der Waals surface area (Å²) in [5.41, 5.74) is 2.53. The van der Waals surface area contributed by atoms with Crippen LogP contribution in [0.15, 0.2) is 6.07 Å². The summed E-state index contributed by atoms with van der Waals surface area (Å²) in [5, 5.41) is 3.54. The first-order chi connectivity index (χ1) is 9.53. The van der Waals surface area contributed by atoms with Gasteiger partial charge in [-0.25, -0.2) is 4.98 Å². The molecule has 1 saturated heterocycles. The molecule has 0 bridgehead atoms. The molecule has 1 unspecified atom stereocenters. The average molecular weight is 294 g/mol. The van der Waals surface area contributed by atoms with Crippen molar-refractivity contribution in [2.45, 2.75) is 38.1 Å². The molecule has 1 N–H and O–H groups in total. The Balaban J connectivity index is 2.18. The van der Waals surface area contributed by atoms with Crippen LogP contribution in [0.25, 0.3) is 0 Å². The predicted octanol–water partition coefficient (Wildman–Crippen LogP) is 2.03. The number of hydrogen-bond acceptors (Lipinski definition) is 3. The van der Waals surface area contributed by atoms with E-state index < -0.39 is 5.41 Å². The number of carbonyl (C=O) groups excluding carboxylic acids is 1. The molecular formula is C15H20ClN3O. The van der Waals surface area contributed by atoms with E-state index in [1.54, 1.807) is 0 Å². The fourth-order valence-corrected chi connectivity index (χ4v) is 3.53. The van der Waals surface area contributed by atoms with Gasteiger partial charge in [-0.3, -0.25) is 4.79 Å². The fraction of sp³-hybridized carbons (Fsp3) is 0.600. The first-order valence-corrected chi connectivity index (χ1v) is 7.54. The van der Waals surface area contributed by atoms with Crippen molar-refractivity contribution in [1.82, 2.24) is 15.2 Å². The van der Waals surface area contributed by atoms with Gasteiger partial charge in [0.25, 0.3) is 0 Å². The Hall–Kier alpha value is -1.13. The molecule has 0 saturated carbocycles. The van der Waals surface area contributed by atoms with Crippen LogP contribution in [0.4, 0.5) is 0 Å². The lowest BCUT2D eigenvalue weighted by molar-refractivity contribution is -0.129. The summed E-state index contributed by atoms with van der Waals surface area (Å²) < 4.78 is 0. The highest BCUT2D eigenvalue weighted by molar-refractivity contribution is 6.30. The second-order valence-electron chi connectivity index (χ2n) is 6.03. The third-order valence-corrected chi connectivity index (χ3v) is 4.93. The summed E-state index contributed by atoms with van der Waals surface area (Å²) in [6, 6.07) is 2.09. The largest absolute Gasteiger partial charge is 0.355 e. The number of pyridine rings is 1. The molecule has 1 amide bonds. The van der Waals surface area contributed by atoms with Crippen molar-refractivity contribution in [1.29, 1.82) is 0 Å². The molecule has 2 aliphatic heterocycles. The van der Waals surface area contributed by atoms with Crippen LogP contribution in [0.5, 0.6) is 0 Å². The Morgan fingerprint density at radius 3 is 3.00 bits per heavy atom. The highest BCUT2D eigenvalue weighted by atomic mass is 35.5. The van der Waals surface area contributed by atoms with Gasteiger partial charge in [-0.2, -0.15) is 0 Å². The highest BCUT2D eigenvalue weighted by Crippen LogP contribution is 2.40. The topological polar surface area (TPSA) is 45.2 Å². The van der Waals surface area contributed by atoms with Crippen LogP contribution in [0.3, 0.4) is 0 Å². The molecule has 3 rings (SSSR count). The lowest BCUT2D eigenvalue weighted by atomic mass is 9.73. The van der Waals surface area contributed by atoms with E-state index in [0.717, 1.165) is 55.7 Å². The number of amides is 1. The minimum absolute atomic E-state index is 0.118. The summed E-state index contributed by atoms with van der Waals surface area (Å²) >= 11 is 6.23. The van der Waals surface area contributed by atoms with E-state index in [9.17, 15) is 4.79 Å². The van der Waals surface area contributed by atoms with E-state index in [4.69, 9.17) is 11.6 Å². The van der Waals surface area contributed by atoms with Crippen molar-refractivity contribution >= 4 is 17.5 Å². The molecule has 1 spiro atoms. The van der Waals surface area contributed by atoms with Crippen molar-refractivity contribution in [3.05, 3.63) is 28.0 Å². The number of nitrogens with zero attached hydrogens (tertiary/aromatic N) is 2. The molecule has 20 heavy (non-hydrogen) atoms. The first kappa shape index (κ1) is 13.8. The maximum atomic E-state index is 12.6. The van der Waals surface area contributed by atoms with Gasteiger partial charge in [0.05, 0.1) is 11.1 Å². The molecular weight excluding hydrogens is 274 g/mol. The van der Waals surface area contributed by atoms with Crippen LogP contribution >= 0.6 is 11.6 Å². The van der Waals surface area contributed by atoms with Crippen molar-refractivity contribution < 1.29 is 4.79 Å². The van der Waals surface area contributed by atoms with E-state index in [1.807, 2.05) is 6.92 Å². The molecule has 0 radical (unpaired) electrons. The number of aromatic nitrogens is 1. The molecule has 108 valence electrons. The summed E-state index contributed by atoms with van der Waals surface area (Å²) in [6.07, 6.45) is 2.68. The van der Waals surface area contributed by atoms with Crippen LogP contribution in [-0.4, -0.2) is 35.9 Å². The summed E-state index contributed by atoms with van der Waals surface area (Å²) in [4.78, 5) is 19.4. The molecule has 4 nitrogen and oxygen atoms in total. The number of hydrogen-bond donors (Lipinski definition) is 1. The third kappa shape index (κ3) is 2.11. The molecule has 1 aromatic heterocycles. The van der Waals surface area contributed by atoms with Crippen molar-refractivity contribution in [3.8, 4) is 0 Å². The Kier molecular flexibility index (Phi) is 3.46. The van der Waals surface area contributed by atoms with Gasteiger partial charge in [0.15, 0.2) is 0 Å². The monoisotopic (exact) mass is 293 g/mol. The smallest absolute Gasteiger partial charge is 0.232 e. The number of aryl methyl sites for hydroxylation is 1. The van der Waals surface area contributed by atoms with Crippen LogP contribution in [0.1, 0.15) is 36.1 Å². The molecule has 3 heterocycles. The average Bonchev–Trinajstić information content (AvgIpc) is 2.54. The van der Waals surface area contributed by atoms with Gasteiger partial charge in [-0.05, 0) is 57.0 Å². The molecule has 1 atom stereocenters. The lowest BCUT2D eigenvalue weighted by Crippen LogP contribution is -2.50. The Morgan fingerprint density at radius 2 is 2.25 bits per heavy atom. The van der Waals surface area contributed by atoms with Gasteiger partial charge in [-0.15, -0.1) is 0 Å². The number of halogens is 1. The van der Waals surface area contributed by atoms with E-state index in [-0.39, 0.29) is 5.91 Å². The molecule has 0 aliphatic carbocycles. The van der Waals surface area contributed by atoms with Crippen molar-refractivity contribution in [2.75, 3.05) is 20.1 Å². The predicted molar refractivity (Wildman–Crippen MR) is 78.9 cm³/mol. The minimum Gasteiger partial charge on any atom is -0.355 e. The molecule has 1 aromatic rings. The van der Waals surface area contributed by atoms with Gasteiger partial charge in [0, 0.05) is 13.1 Å². The second kappa shape index (κ2) is 5.01. The first-order valence-electron chi connectivity index (χ1n) is 7.16. The summed E-state index contributed by atoms with van der Waals surface area (Å²) in [6.45, 7) is 4.47. The van der Waals surface area contributed by atoms with Gasteiger partial charge in [0.2, 0.25) is 5.91 Å². The maximum absolute atomic E-state index is 12.6. The molecule has 2 aliphatic rings. The van der Waals surface area contributed by atoms with Gasteiger partial charge in [0.1, 0.15) is 5.15 Å². The Morgan fingerprint density at radius 1 is 1.45 bits per heavy atom. The zero-order valence-electron chi connectivity index (χ0n) is 12.0. The summed E-state index contributed by atoms with van der Waals surface area (Å²) in [5.74, 6) is 0.118. The quantitative estimate of drug-likeness (QED) is 0.745. The number of nitrogens with one attached hydrogen (secondary N) is 1. The van der Waals surface area contributed by atoms with Gasteiger partial charge in [-0.1, -0.05) is 11.6 Å². The van der Waals surface area contributed by atoms with Crippen LogP contribution in [-0.2, 0) is 16.8 Å². The zero-order valence-corrected chi connectivity index (χ0v) is 12.8. The molecule has 5 heteroatoms. The summed E-state index contributed by atoms with van der Waals surface area (Å²) in [7, 11) is 2.09. The highest BCUT2D eigenvalue weighted by Gasteiger charge is 2.45. The SMILES string of the molecule is Cc1cc2c(nc1Cl)C1(CCCNC1=O)CCN(C)C2. The number of fused-ring (bicyclic) bond motifs is 2. The van der Waals surface area contributed by atoms with Crippen molar-refractivity contribution in [3.63, 3.8) is 0 Å². The normalized spacial score (nSPS) is 27.1. The molecule has 1 fully saturated rings. The molecule has 0 aromatic carbocycles. The fourth-order valence-electron chi connectivity index (χ4n) is 3.39. The lowest BCUT2D eigenvalue weighted by Gasteiger charge is -2.35. The van der Waals surface area contributed by atoms with Crippen LogP contribution < -0.4 is 5.32 Å². The van der Waals surface area contributed by atoms with E-state index in [0.29, 0.717) is 5.15 Å². The van der Waals surface area contributed by atoms with E-state index in [1.165, 1.54) is 0 Å². The number of carbonyl (C=O) groups is 1. The van der Waals surface area contributed by atoms with Crippen molar-refractivity contribution in [2.24, 2.45) is 0 Å². The van der Waals surface area contributed by atoms with Gasteiger partial charge >= 0.3 is 0 Å². The third-order valence-electron chi connectivity index (χ3n) is 4.54. The maximum Gasteiger partial charge on any atom is 0.232 e. The van der Waals surface area contributed by atoms with Gasteiger partial charge < -0.3 is 10.2 Å². The Labute approximate surface area is 124 Å². The Bertz CT molecular complexity index is 560. The zero-order chi connectivity index (χ0) is 14.3. The standard InChI is InChI=1S/C15H20ClN3O/c1-10-8-11-9-19(2)7-5-15(12(11)18-13(10)16)4-3-6-17-14(15)20/h8H,3-7,9H2,1-2H3,(H,17,20). The van der Waals surface area contributed by atoms with E-state index in [2.05, 4.69) is 28.3 Å².